The summed E-state index contributed by atoms with van der Waals surface area (Å²) in [4.78, 5) is 0. The van der Waals surface area contributed by atoms with Crippen LogP contribution >= 0.6 is 0 Å². The molecule has 0 amide bonds. The number of allylic oxidation sites excluding steroid dienone is 1. The second-order valence-electron chi connectivity index (χ2n) is 5.62. The minimum Gasteiger partial charge on any atom is -0.393 e. The second kappa shape index (κ2) is 6.19. The highest BCUT2D eigenvalue weighted by Crippen LogP contribution is 2.42. The maximum Gasteiger partial charge on any atom is 0.0571 e. The number of benzene rings is 1. The summed E-state index contributed by atoms with van der Waals surface area (Å²) in [6.07, 6.45) is 11.4. The molecule has 2 rings (SSSR count). The lowest BCUT2D eigenvalue weighted by atomic mass is 9.68. The predicted octanol–water partition coefficient (Wildman–Crippen LogP) is 4.42. The van der Waals surface area contributed by atoms with Gasteiger partial charge in [0.05, 0.1) is 6.10 Å². The Morgan fingerprint density at radius 1 is 1.17 bits per heavy atom. The molecule has 1 nitrogen and oxygen atoms in total. The highest BCUT2D eigenvalue weighted by atomic mass is 16.3. The number of hydrogen-bond donors (Lipinski definition) is 1. The van der Waals surface area contributed by atoms with Crippen molar-refractivity contribution in [3.8, 4) is 0 Å². The largest absolute Gasteiger partial charge is 0.393 e. The quantitative estimate of drug-likeness (QED) is 0.831. The first kappa shape index (κ1) is 13.4. The van der Waals surface area contributed by atoms with Gasteiger partial charge in [0, 0.05) is 0 Å². The Hall–Kier alpha value is -1.08. The molecule has 0 unspecified atom stereocenters. The molecule has 1 aliphatic rings. The molecule has 0 aromatic heterocycles. The Morgan fingerprint density at radius 2 is 1.83 bits per heavy atom. The molecule has 1 fully saturated rings. The number of aliphatic hydroxyl groups excluding tert-OH is 1. The van der Waals surface area contributed by atoms with E-state index in [4.69, 9.17) is 0 Å². The van der Waals surface area contributed by atoms with E-state index in [1.807, 2.05) is 13.0 Å². The Bertz CT molecular complexity index is 372. The van der Waals surface area contributed by atoms with E-state index in [2.05, 4.69) is 36.4 Å². The third kappa shape index (κ3) is 3.23. The number of aliphatic hydroxyl groups is 1. The number of hydrogen-bond acceptors (Lipinski definition) is 1. The highest BCUT2D eigenvalue weighted by Gasteiger charge is 2.35. The molecule has 1 aromatic carbocycles. The Kier molecular flexibility index (Phi) is 4.60. The zero-order valence-corrected chi connectivity index (χ0v) is 11.3. The smallest absolute Gasteiger partial charge is 0.0571 e. The van der Waals surface area contributed by atoms with Crippen LogP contribution in [0.5, 0.6) is 0 Å². The van der Waals surface area contributed by atoms with Crippen LogP contribution in [0, 0.1) is 5.41 Å². The first-order valence-electron chi connectivity index (χ1n) is 7.13. The van der Waals surface area contributed by atoms with Gasteiger partial charge in [0.15, 0.2) is 0 Å². The molecule has 0 saturated heterocycles. The van der Waals surface area contributed by atoms with Crippen molar-refractivity contribution in [3.05, 3.63) is 42.0 Å². The van der Waals surface area contributed by atoms with Crippen LogP contribution in [0.4, 0.5) is 0 Å². The summed E-state index contributed by atoms with van der Waals surface area (Å²) >= 11 is 0. The highest BCUT2D eigenvalue weighted by molar-refractivity contribution is 5.48. The summed E-state index contributed by atoms with van der Waals surface area (Å²) < 4.78 is 0. The molecule has 98 valence electrons. The third-order valence-corrected chi connectivity index (χ3v) is 4.37. The molecule has 1 saturated carbocycles. The van der Waals surface area contributed by atoms with Gasteiger partial charge in [-0.25, -0.2) is 0 Å². The molecule has 1 atom stereocenters. The van der Waals surface area contributed by atoms with Gasteiger partial charge in [0.1, 0.15) is 0 Å². The fourth-order valence-corrected chi connectivity index (χ4v) is 3.04. The van der Waals surface area contributed by atoms with Crippen LogP contribution in [0.3, 0.4) is 0 Å². The molecule has 0 radical (unpaired) electrons. The van der Waals surface area contributed by atoms with E-state index < -0.39 is 0 Å². The van der Waals surface area contributed by atoms with E-state index in [9.17, 15) is 5.11 Å². The van der Waals surface area contributed by atoms with Crippen LogP contribution < -0.4 is 0 Å². The van der Waals surface area contributed by atoms with Crippen molar-refractivity contribution < 1.29 is 5.11 Å². The van der Waals surface area contributed by atoms with Gasteiger partial charge < -0.3 is 5.11 Å². The van der Waals surface area contributed by atoms with Crippen molar-refractivity contribution in [1.82, 2.24) is 0 Å². The van der Waals surface area contributed by atoms with Crippen molar-refractivity contribution in [3.63, 3.8) is 0 Å². The maximum absolute atomic E-state index is 10.1. The SMILES string of the molecule is C[C@@H](O)C1(C/C=C/c2ccccc2)CCCCC1. The van der Waals surface area contributed by atoms with Gasteiger partial charge in [-0.3, -0.25) is 0 Å². The summed E-state index contributed by atoms with van der Waals surface area (Å²) in [5.41, 5.74) is 1.37. The van der Waals surface area contributed by atoms with E-state index in [0.717, 1.165) is 6.42 Å². The Labute approximate surface area is 111 Å². The van der Waals surface area contributed by atoms with E-state index in [-0.39, 0.29) is 11.5 Å². The van der Waals surface area contributed by atoms with Gasteiger partial charge in [-0.1, -0.05) is 61.7 Å². The van der Waals surface area contributed by atoms with Crippen molar-refractivity contribution in [1.29, 1.82) is 0 Å². The van der Waals surface area contributed by atoms with Crippen molar-refractivity contribution in [2.24, 2.45) is 5.41 Å². The molecular formula is C17H24O. The van der Waals surface area contributed by atoms with Gasteiger partial charge in [-0.05, 0) is 37.2 Å². The van der Waals surface area contributed by atoms with Gasteiger partial charge in [0.2, 0.25) is 0 Å². The zero-order chi connectivity index (χ0) is 12.8. The Balaban J connectivity index is 2.00. The molecule has 0 heterocycles. The van der Waals surface area contributed by atoms with Gasteiger partial charge in [0.25, 0.3) is 0 Å². The minimum absolute atomic E-state index is 0.129. The molecule has 1 aromatic rings. The standard InChI is InChI=1S/C17H24O/c1-15(18)17(12-6-3-7-13-17)14-8-11-16-9-4-2-5-10-16/h2,4-5,8-11,15,18H,3,6-7,12-14H2,1H3/b11-8+/t15-/m1/s1. The lowest BCUT2D eigenvalue weighted by Gasteiger charge is -2.39. The fraction of sp³-hybridized carbons (Fsp3) is 0.529. The summed E-state index contributed by atoms with van der Waals surface area (Å²) in [6.45, 7) is 1.96. The summed E-state index contributed by atoms with van der Waals surface area (Å²) in [6, 6.07) is 10.4. The van der Waals surface area contributed by atoms with Gasteiger partial charge in [-0.15, -0.1) is 0 Å². The van der Waals surface area contributed by atoms with Crippen LogP contribution in [0.1, 0.15) is 51.0 Å². The molecule has 1 N–H and O–H groups in total. The third-order valence-electron chi connectivity index (χ3n) is 4.37. The second-order valence-corrected chi connectivity index (χ2v) is 5.62. The van der Waals surface area contributed by atoms with E-state index >= 15 is 0 Å². The van der Waals surface area contributed by atoms with E-state index in [1.54, 1.807) is 0 Å². The van der Waals surface area contributed by atoms with Gasteiger partial charge >= 0.3 is 0 Å². The average Bonchev–Trinajstić information content (AvgIpc) is 2.41. The molecule has 1 heteroatoms. The molecule has 1 aliphatic carbocycles. The van der Waals surface area contributed by atoms with E-state index in [1.165, 1.54) is 37.7 Å². The van der Waals surface area contributed by atoms with Crippen molar-refractivity contribution in [2.45, 2.75) is 51.6 Å². The summed E-state index contributed by atoms with van der Waals surface area (Å²) in [7, 11) is 0. The van der Waals surface area contributed by atoms with Crippen molar-refractivity contribution >= 4 is 6.08 Å². The molecule has 18 heavy (non-hydrogen) atoms. The van der Waals surface area contributed by atoms with Crippen LogP contribution in [0.25, 0.3) is 6.08 Å². The lowest BCUT2D eigenvalue weighted by Crippen LogP contribution is -2.34. The summed E-state index contributed by atoms with van der Waals surface area (Å²) in [5.74, 6) is 0. The monoisotopic (exact) mass is 244 g/mol. The molecule has 0 bridgehead atoms. The fourth-order valence-electron chi connectivity index (χ4n) is 3.04. The number of rotatable bonds is 4. The van der Waals surface area contributed by atoms with E-state index in [0.29, 0.717) is 0 Å². The minimum atomic E-state index is -0.196. The van der Waals surface area contributed by atoms with Crippen LogP contribution in [0.2, 0.25) is 0 Å². The topological polar surface area (TPSA) is 20.2 Å². The average molecular weight is 244 g/mol. The summed E-state index contributed by atoms with van der Waals surface area (Å²) in [5, 5.41) is 10.1. The normalized spacial score (nSPS) is 21.0. The van der Waals surface area contributed by atoms with Crippen LogP contribution in [-0.2, 0) is 0 Å². The molecule has 0 spiro atoms. The van der Waals surface area contributed by atoms with Crippen LogP contribution in [-0.4, -0.2) is 11.2 Å². The zero-order valence-electron chi connectivity index (χ0n) is 11.3. The Morgan fingerprint density at radius 3 is 2.44 bits per heavy atom. The molecule has 0 aliphatic heterocycles. The van der Waals surface area contributed by atoms with Crippen LogP contribution in [0.15, 0.2) is 36.4 Å². The van der Waals surface area contributed by atoms with Gasteiger partial charge in [-0.2, -0.15) is 0 Å². The predicted molar refractivity (Wildman–Crippen MR) is 77.3 cm³/mol. The molecular weight excluding hydrogens is 220 g/mol. The maximum atomic E-state index is 10.1. The van der Waals surface area contributed by atoms with Crippen molar-refractivity contribution in [2.75, 3.05) is 0 Å². The lowest BCUT2D eigenvalue weighted by molar-refractivity contribution is 0.0110. The first-order valence-corrected chi connectivity index (χ1v) is 7.13. The first-order chi connectivity index (χ1) is 8.73.